The van der Waals surface area contributed by atoms with Crippen LogP contribution >= 0.6 is 0 Å². The van der Waals surface area contributed by atoms with E-state index in [4.69, 9.17) is 9.47 Å². The second-order valence-electron chi connectivity index (χ2n) is 7.51. The summed E-state index contributed by atoms with van der Waals surface area (Å²) < 4.78 is 13.0. The third-order valence-electron chi connectivity index (χ3n) is 4.97. The van der Waals surface area contributed by atoms with Gasteiger partial charge in [0.05, 0.1) is 25.5 Å². The minimum atomic E-state index is -0.195. The molecule has 0 bridgehead atoms. The van der Waals surface area contributed by atoms with Crippen LogP contribution in [0.3, 0.4) is 0 Å². The molecule has 4 aromatic rings. The number of rotatable bonds is 8. The van der Waals surface area contributed by atoms with Crippen LogP contribution in [0.5, 0.6) is 11.5 Å². The fourth-order valence-electron chi connectivity index (χ4n) is 3.42. The van der Waals surface area contributed by atoms with Crippen LogP contribution in [0.15, 0.2) is 85.2 Å². The van der Waals surface area contributed by atoms with Gasteiger partial charge < -0.3 is 14.8 Å². The summed E-state index contributed by atoms with van der Waals surface area (Å²) in [6, 6.07) is 23.1. The zero-order chi connectivity index (χ0) is 22.3. The van der Waals surface area contributed by atoms with E-state index in [1.165, 1.54) is 5.56 Å². The van der Waals surface area contributed by atoms with Crippen LogP contribution in [0.4, 0.5) is 5.69 Å². The first-order valence-electron chi connectivity index (χ1n) is 10.3. The van der Waals surface area contributed by atoms with E-state index in [0.717, 1.165) is 11.1 Å². The summed E-state index contributed by atoms with van der Waals surface area (Å²) in [6.07, 6.45) is 3.48. The number of carbonyl (C=O) groups is 1. The highest BCUT2D eigenvalue weighted by Crippen LogP contribution is 2.26. The van der Waals surface area contributed by atoms with E-state index in [2.05, 4.69) is 35.5 Å². The van der Waals surface area contributed by atoms with Gasteiger partial charge in [0.1, 0.15) is 6.61 Å². The van der Waals surface area contributed by atoms with Crippen molar-refractivity contribution in [1.82, 2.24) is 9.78 Å². The molecule has 0 aliphatic rings. The lowest BCUT2D eigenvalue weighted by molar-refractivity contribution is 0.102. The lowest BCUT2D eigenvalue weighted by atomic mass is 10.1. The number of carbonyl (C=O) groups excluding carboxylic acids is 1. The summed E-state index contributed by atoms with van der Waals surface area (Å²) in [6.45, 7) is 3.04. The van der Waals surface area contributed by atoms with E-state index in [0.29, 0.717) is 35.9 Å². The van der Waals surface area contributed by atoms with Crippen molar-refractivity contribution in [2.24, 2.45) is 0 Å². The predicted molar refractivity (Wildman–Crippen MR) is 124 cm³/mol. The number of aromatic nitrogens is 2. The molecular weight excluding hydrogens is 402 g/mol. The van der Waals surface area contributed by atoms with E-state index >= 15 is 0 Å². The maximum atomic E-state index is 12.7. The molecule has 1 aromatic heterocycles. The molecule has 0 saturated heterocycles. The number of hydrogen-bond donors (Lipinski definition) is 1. The molecule has 0 unspecified atom stereocenters. The molecule has 1 N–H and O–H groups in total. The van der Waals surface area contributed by atoms with Gasteiger partial charge in [0.25, 0.3) is 5.91 Å². The predicted octanol–water partition coefficient (Wildman–Crippen LogP) is 5.08. The van der Waals surface area contributed by atoms with Crippen molar-refractivity contribution in [2.75, 3.05) is 12.4 Å². The Morgan fingerprint density at radius 1 is 0.969 bits per heavy atom. The van der Waals surface area contributed by atoms with Crippen LogP contribution in [-0.2, 0) is 13.2 Å². The van der Waals surface area contributed by atoms with E-state index in [-0.39, 0.29) is 5.91 Å². The number of hydrogen-bond acceptors (Lipinski definition) is 4. The molecule has 0 spiro atoms. The van der Waals surface area contributed by atoms with Gasteiger partial charge in [-0.3, -0.25) is 9.48 Å². The largest absolute Gasteiger partial charge is 0.493 e. The number of nitrogens with one attached hydrogen (secondary N) is 1. The molecule has 32 heavy (non-hydrogen) atoms. The maximum absolute atomic E-state index is 12.7. The summed E-state index contributed by atoms with van der Waals surface area (Å²) >= 11 is 0. The Hall–Kier alpha value is -4.06. The Bertz CT molecular complexity index is 1220. The first kappa shape index (κ1) is 21.2. The van der Waals surface area contributed by atoms with Crippen molar-refractivity contribution in [1.29, 1.82) is 0 Å². The van der Waals surface area contributed by atoms with Gasteiger partial charge >= 0.3 is 0 Å². The molecule has 4 rings (SSSR count). The van der Waals surface area contributed by atoms with Crippen molar-refractivity contribution in [3.8, 4) is 11.5 Å². The Labute approximate surface area is 187 Å². The van der Waals surface area contributed by atoms with Crippen LogP contribution in [0.2, 0.25) is 0 Å². The monoisotopic (exact) mass is 427 g/mol. The third kappa shape index (κ3) is 5.35. The molecule has 0 atom stereocenters. The number of nitrogens with zero attached hydrogens (tertiary/aromatic N) is 2. The van der Waals surface area contributed by atoms with Gasteiger partial charge in [-0.15, -0.1) is 0 Å². The van der Waals surface area contributed by atoms with Crippen LogP contribution in [0.1, 0.15) is 27.0 Å². The molecule has 162 valence electrons. The topological polar surface area (TPSA) is 65.4 Å². The standard InChI is InChI=1S/C26H25N3O3/c1-19-7-5-8-20(13-19)16-29-17-23(15-27-29)28-26(30)22-10-6-9-21(14-22)18-32-25-12-4-3-11-24(25)31-2/h3-15,17H,16,18H2,1-2H3,(H,28,30). The first-order valence-corrected chi connectivity index (χ1v) is 10.3. The maximum Gasteiger partial charge on any atom is 0.255 e. The summed E-state index contributed by atoms with van der Waals surface area (Å²) in [7, 11) is 1.61. The van der Waals surface area contributed by atoms with Crippen molar-refractivity contribution >= 4 is 11.6 Å². The molecule has 1 heterocycles. The average Bonchev–Trinajstić information content (AvgIpc) is 3.24. The van der Waals surface area contributed by atoms with Crippen molar-refractivity contribution < 1.29 is 14.3 Å². The van der Waals surface area contributed by atoms with Gasteiger partial charge in [-0.25, -0.2) is 0 Å². The number of anilines is 1. The Morgan fingerprint density at radius 2 is 1.75 bits per heavy atom. The van der Waals surface area contributed by atoms with E-state index in [1.807, 2.05) is 59.4 Å². The van der Waals surface area contributed by atoms with Gasteiger partial charge in [-0.2, -0.15) is 5.10 Å². The Morgan fingerprint density at radius 3 is 2.56 bits per heavy atom. The van der Waals surface area contributed by atoms with Crippen molar-refractivity contribution in [3.63, 3.8) is 0 Å². The minimum absolute atomic E-state index is 0.195. The summed E-state index contributed by atoms with van der Waals surface area (Å²) in [4.78, 5) is 12.7. The zero-order valence-corrected chi connectivity index (χ0v) is 18.1. The molecule has 0 aliphatic heterocycles. The van der Waals surface area contributed by atoms with Gasteiger partial charge in [-0.05, 0) is 42.3 Å². The molecule has 0 aliphatic carbocycles. The van der Waals surface area contributed by atoms with Crippen LogP contribution in [0, 0.1) is 6.92 Å². The normalized spacial score (nSPS) is 10.6. The van der Waals surface area contributed by atoms with Crippen molar-refractivity contribution in [2.45, 2.75) is 20.1 Å². The first-order chi connectivity index (χ1) is 15.6. The summed E-state index contributed by atoms with van der Waals surface area (Å²) in [5, 5.41) is 7.27. The quantitative estimate of drug-likeness (QED) is 0.426. The van der Waals surface area contributed by atoms with Gasteiger partial charge in [0.15, 0.2) is 11.5 Å². The van der Waals surface area contributed by atoms with Gasteiger partial charge in [0.2, 0.25) is 0 Å². The van der Waals surface area contributed by atoms with E-state index < -0.39 is 0 Å². The zero-order valence-electron chi connectivity index (χ0n) is 18.1. The highest BCUT2D eigenvalue weighted by atomic mass is 16.5. The third-order valence-corrected chi connectivity index (χ3v) is 4.97. The van der Waals surface area contributed by atoms with Crippen molar-refractivity contribution in [3.05, 3.63) is 107 Å². The number of benzene rings is 3. The molecule has 0 radical (unpaired) electrons. The summed E-state index contributed by atoms with van der Waals surface area (Å²) in [5.41, 5.74) is 4.46. The number of aryl methyl sites for hydroxylation is 1. The number of amides is 1. The number of para-hydroxylation sites is 2. The van der Waals surface area contributed by atoms with Crippen LogP contribution in [-0.4, -0.2) is 22.8 Å². The van der Waals surface area contributed by atoms with Crippen LogP contribution < -0.4 is 14.8 Å². The molecule has 6 nitrogen and oxygen atoms in total. The molecule has 0 saturated carbocycles. The number of ether oxygens (including phenoxy) is 2. The summed E-state index contributed by atoms with van der Waals surface area (Å²) in [5.74, 6) is 1.13. The van der Waals surface area contributed by atoms with E-state index in [9.17, 15) is 4.79 Å². The SMILES string of the molecule is COc1ccccc1OCc1cccc(C(=O)Nc2cnn(Cc3cccc(C)c3)c2)c1. The fraction of sp³-hybridized carbons (Fsp3) is 0.154. The van der Waals surface area contributed by atoms with Gasteiger partial charge in [0, 0.05) is 11.8 Å². The van der Waals surface area contributed by atoms with Crippen LogP contribution in [0.25, 0.3) is 0 Å². The smallest absolute Gasteiger partial charge is 0.255 e. The lowest BCUT2D eigenvalue weighted by Gasteiger charge is -2.11. The second-order valence-corrected chi connectivity index (χ2v) is 7.51. The molecule has 1 amide bonds. The molecule has 6 heteroatoms. The molecular formula is C26H25N3O3. The highest BCUT2D eigenvalue weighted by molar-refractivity contribution is 6.04. The lowest BCUT2D eigenvalue weighted by Crippen LogP contribution is -2.12. The molecule has 3 aromatic carbocycles. The average molecular weight is 428 g/mol. The highest BCUT2D eigenvalue weighted by Gasteiger charge is 2.10. The Kier molecular flexibility index (Phi) is 6.51. The Balaban J connectivity index is 1.38. The second kappa shape index (κ2) is 9.83. The van der Waals surface area contributed by atoms with E-state index in [1.54, 1.807) is 19.4 Å². The number of methoxy groups -OCH3 is 1. The molecule has 0 fully saturated rings. The minimum Gasteiger partial charge on any atom is -0.493 e. The fourth-order valence-corrected chi connectivity index (χ4v) is 3.42. The van der Waals surface area contributed by atoms with Gasteiger partial charge in [-0.1, -0.05) is 54.1 Å².